The number of thiophene rings is 1. The molecule has 0 saturated heterocycles. The predicted octanol–water partition coefficient (Wildman–Crippen LogP) is 4.37. The number of hydrogen-bond donors (Lipinski definition) is 0. The first-order valence-corrected chi connectivity index (χ1v) is 7.01. The lowest BCUT2D eigenvalue weighted by molar-refractivity contribution is 1.16. The van der Waals surface area contributed by atoms with Gasteiger partial charge in [0.2, 0.25) is 0 Å². The van der Waals surface area contributed by atoms with Crippen LogP contribution in [0.15, 0.2) is 41.3 Å². The van der Waals surface area contributed by atoms with Gasteiger partial charge in [0.15, 0.2) is 0 Å². The molecular weight excluding hydrogens is 220 g/mol. The number of thioether (sulfide) groups is 1. The van der Waals surface area contributed by atoms with Gasteiger partial charge in [0.1, 0.15) is 0 Å². The lowest BCUT2D eigenvalue weighted by Gasteiger charge is -2.04. The summed E-state index contributed by atoms with van der Waals surface area (Å²) in [6.07, 6.45) is 3.20. The van der Waals surface area contributed by atoms with Gasteiger partial charge in [0.25, 0.3) is 0 Å². The maximum absolute atomic E-state index is 2.23. The zero-order valence-electron chi connectivity index (χ0n) is 8.99. The summed E-state index contributed by atoms with van der Waals surface area (Å²) in [4.78, 5) is 4.24. The quantitative estimate of drug-likeness (QED) is 0.711. The zero-order valence-corrected chi connectivity index (χ0v) is 10.6. The van der Waals surface area contributed by atoms with Crippen molar-refractivity contribution in [1.29, 1.82) is 0 Å². The Morgan fingerprint density at radius 3 is 2.60 bits per heavy atom. The highest BCUT2D eigenvalue weighted by Gasteiger charge is 2.03. The lowest BCUT2D eigenvalue weighted by Crippen LogP contribution is -1.87. The first-order valence-electron chi connectivity index (χ1n) is 4.97. The Morgan fingerprint density at radius 1 is 1.13 bits per heavy atom. The summed E-state index contributed by atoms with van der Waals surface area (Å²) in [7, 11) is 0. The summed E-state index contributed by atoms with van der Waals surface area (Å²) < 4.78 is 0. The minimum Gasteiger partial charge on any atom is -0.145 e. The van der Waals surface area contributed by atoms with E-state index in [0.29, 0.717) is 0 Å². The van der Waals surface area contributed by atoms with Gasteiger partial charge in [0, 0.05) is 21.1 Å². The highest BCUT2D eigenvalue weighted by atomic mass is 32.2. The molecule has 2 aromatic rings. The monoisotopic (exact) mass is 234 g/mol. The molecule has 0 bridgehead atoms. The highest BCUT2D eigenvalue weighted by molar-refractivity contribution is 7.98. The van der Waals surface area contributed by atoms with Crippen molar-refractivity contribution in [2.75, 3.05) is 6.26 Å². The van der Waals surface area contributed by atoms with Crippen LogP contribution < -0.4 is 0 Å². The van der Waals surface area contributed by atoms with Gasteiger partial charge in [0.05, 0.1) is 0 Å². The fourth-order valence-electron chi connectivity index (χ4n) is 1.62. The maximum Gasteiger partial charge on any atom is 0.0105 e. The highest BCUT2D eigenvalue weighted by Crippen LogP contribution is 2.25. The van der Waals surface area contributed by atoms with E-state index in [1.807, 2.05) is 23.1 Å². The van der Waals surface area contributed by atoms with Crippen LogP contribution in [0.2, 0.25) is 0 Å². The van der Waals surface area contributed by atoms with Crippen LogP contribution in [0.1, 0.15) is 15.3 Å². The van der Waals surface area contributed by atoms with Gasteiger partial charge in [-0.15, -0.1) is 23.1 Å². The first kappa shape index (κ1) is 10.8. The van der Waals surface area contributed by atoms with E-state index in [9.17, 15) is 0 Å². The van der Waals surface area contributed by atoms with Crippen LogP contribution in [0.4, 0.5) is 0 Å². The van der Waals surface area contributed by atoms with Crippen molar-refractivity contribution < 1.29 is 0 Å². The zero-order chi connectivity index (χ0) is 10.7. The van der Waals surface area contributed by atoms with Gasteiger partial charge in [-0.05, 0) is 36.9 Å². The van der Waals surface area contributed by atoms with Crippen LogP contribution in [0.5, 0.6) is 0 Å². The Kier molecular flexibility index (Phi) is 3.49. The molecule has 1 heterocycles. The second-order valence-electron chi connectivity index (χ2n) is 3.50. The minimum atomic E-state index is 1.06. The van der Waals surface area contributed by atoms with Gasteiger partial charge < -0.3 is 0 Å². The first-order chi connectivity index (χ1) is 7.29. The molecule has 0 nitrogen and oxygen atoms in total. The molecule has 1 aromatic carbocycles. The van der Waals surface area contributed by atoms with Crippen molar-refractivity contribution in [3.8, 4) is 0 Å². The van der Waals surface area contributed by atoms with E-state index in [-0.39, 0.29) is 0 Å². The molecule has 0 spiro atoms. The Balaban J connectivity index is 2.23. The van der Waals surface area contributed by atoms with E-state index < -0.39 is 0 Å². The molecule has 0 saturated carbocycles. The summed E-state index contributed by atoms with van der Waals surface area (Å²) in [5.41, 5.74) is 1.44. The molecule has 0 amide bonds. The SMILES string of the molecule is CSc1ccccc1Cc1ccc(C)s1. The Morgan fingerprint density at radius 2 is 1.93 bits per heavy atom. The number of hydrogen-bond acceptors (Lipinski definition) is 2. The third-order valence-corrected chi connectivity index (χ3v) is 4.19. The summed E-state index contributed by atoms with van der Waals surface area (Å²) in [5, 5.41) is 0. The summed E-state index contributed by atoms with van der Waals surface area (Å²) in [6, 6.07) is 13.1. The molecule has 0 unspecified atom stereocenters. The molecule has 0 aliphatic heterocycles. The van der Waals surface area contributed by atoms with Crippen molar-refractivity contribution in [3.05, 3.63) is 51.7 Å². The number of rotatable bonds is 3. The van der Waals surface area contributed by atoms with E-state index in [0.717, 1.165) is 6.42 Å². The molecule has 0 N–H and O–H groups in total. The molecule has 0 fully saturated rings. The molecule has 2 heteroatoms. The van der Waals surface area contributed by atoms with Crippen molar-refractivity contribution in [3.63, 3.8) is 0 Å². The third-order valence-electron chi connectivity index (χ3n) is 2.35. The Bertz CT molecular complexity index is 443. The van der Waals surface area contributed by atoms with E-state index in [1.165, 1.54) is 20.2 Å². The van der Waals surface area contributed by atoms with Crippen LogP contribution >= 0.6 is 23.1 Å². The molecule has 0 atom stereocenters. The summed E-state index contributed by atoms with van der Waals surface area (Å²) >= 11 is 3.72. The maximum atomic E-state index is 2.23. The molecular formula is C13H14S2. The molecule has 15 heavy (non-hydrogen) atoms. The number of aryl methyl sites for hydroxylation is 1. The van der Waals surface area contributed by atoms with Crippen molar-refractivity contribution in [2.24, 2.45) is 0 Å². The standard InChI is InChI=1S/C13H14S2/c1-10-7-8-12(15-10)9-11-5-3-4-6-13(11)14-2/h3-8H,9H2,1-2H3. The third kappa shape index (κ3) is 2.64. The molecule has 2 rings (SSSR count). The second kappa shape index (κ2) is 4.86. The van der Waals surface area contributed by atoms with Crippen molar-refractivity contribution in [2.45, 2.75) is 18.2 Å². The van der Waals surface area contributed by atoms with Gasteiger partial charge in [-0.2, -0.15) is 0 Å². The van der Waals surface area contributed by atoms with Crippen LogP contribution in [0, 0.1) is 6.92 Å². The van der Waals surface area contributed by atoms with Crippen LogP contribution in [0.25, 0.3) is 0 Å². The number of benzene rings is 1. The Labute approximate surface area is 99.3 Å². The second-order valence-corrected chi connectivity index (χ2v) is 5.72. The lowest BCUT2D eigenvalue weighted by atomic mass is 10.1. The minimum absolute atomic E-state index is 1.06. The van der Waals surface area contributed by atoms with Gasteiger partial charge in [-0.1, -0.05) is 18.2 Å². The van der Waals surface area contributed by atoms with E-state index >= 15 is 0 Å². The smallest absolute Gasteiger partial charge is 0.0105 e. The molecule has 0 radical (unpaired) electrons. The summed E-state index contributed by atoms with van der Waals surface area (Å²) in [6.45, 7) is 2.16. The van der Waals surface area contributed by atoms with Gasteiger partial charge >= 0.3 is 0 Å². The van der Waals surface area contributed by atoms with Crippen molar-refractivity contribution >= 4 is 23.1 Å². The molecule has 78 valence electrons. The molecule has 0 aliphatic rings. The van der Waals surface area contributed by atoms with E-state index in [4.69, 9.17) is 0 Å². The average molecular weight is 234 g/mol. The summed E-state index contributed by atoms with van der Waals surface area (Å²) in [5.74, 6) is 0. The Hall–Kier alpha value is -0.730. The molecule has 0 aliphatic carbocycles. The topological polar surface area (TPSA) is 0 Å². The largest absolute Gasteiger partial charge is 0.145 e. The fourth-order valence-corrected chi connectivity index (χ4v) is 3.15. The average Bonchev–Trinajstić information content (AvgIpc) is 2.65. The van der Waals surface area contributed by atoms with Gasteiger partial charge in [-0.3, -0.25) is 0 Å². The van der Waals surface area contributed by atoms with Crippen LogP contribution in [-0.4, -0.2) is 6.26 Å². The van der Waals surface area contributed by atoms with Crippen LogP contribution in [-0.2, 0) is 6.42 Å². The molecule has 1 aromatic heterocycles. The van der Waals surface area contributed by atoms with E-state index in [1.54, 1.807) is 0 Å². The predicted molar refractivity (Wildman–Crippen MR) is 70.1 cm³/mol. The van der Waals surface area contributed by atoms with Crippen molar-refractivity contribution in [1.82, 2.24) is 0 Å². The van der Waals surface area contributed by atoms with Crippen LogP contribution in [0.3, 0.4) is 0 Å². The van der Waals surface area contributed by atoms with E-state index in [2.05, 4.69) is 49.6 Å². The fraction of sp³-hybridized carbons (Fsp3) is 0.231. The van der Waals surface area contributed by atoms with Gasteiger partial charge in [-0.25, -0.2) is 0 Å². The normalized spacial score (nSPS) is 10.5.